The average Bonchev–Trinajstić information content (AvgIpc) is 2.55. The first-order chi connectivity index (χ1) is 11.1. The summed E-state index contributed by atoms with van der Waals surface area (Å²) in [6.07, 6.45) is 8.13. The van der Waals surface area contributed by atoms with Crippen LogP contribution in [0.25, 0.3) is 0 Å². The van der Waals surface area contributed by atoms with Crippen molar-refractivity contribution in [1.82, 2.24) is 10.3 Å². The normalized spacial score (nSPS) is 21.4. The lowest BCUT2D eigenvalue weighted by Gasteiger charge is -2.24. The van der Waals surface area contributed by atoms with Crippen LogP contribution in [0.1, 0.15) is 38.5 Å². The van der Waals surface area contributed by atoms with Gasteiger partial charge in [-0.05, 0) is 40.8 Å². The van der Waals surface area contributed by atoms with Crippen molar-refractivity contribution < 1.29 is 9.59 Å². The van der Waals surface area contributed by atoms with Gasteiger partial charge in [0, 0.05) is 23.6 Å². The summed E-state index contributed by atoms with van der Waals surface area (Å²) in [5.74, 6) is 0.416. The van der Waals surface area contributed by atoms with E-state index in [9.17, 15) is 9.59 Å². The zero-order valence-electron chi connectivity index (χ0n) is 12.8. The van der Waals surface area contributed by atoms with Crippen molar-refractivity contribution in [2.45, 2.75) is 48.8 Å². The van der Waals surface area contributed by atoms with E-state index in [2.05, 4.69) is 31.5 Å². The Bertz CT molecular complexity index is 605. The van der Waals surface area contributed by atoms with Gasteiger partial charge in [-0.3, -0.25) is 9.59 Å². The summed E-state index contributed by atoms with van der Waals surface area (Å²) in [5, 5.41) is 6.17. The van der Waals surface area contributed by atoms with Crippen molar-refractivity contribution >= 4 is 45.2 Å². The summed E-state index contributed by atoms with van der Waals surface area (Å²) in [7, 11) is 0. The Balaban J connectivity index is 1.52. The molecule has 1 saturated carbocycles. The van der Waals surface area contributed by atoms with Gasteiger partial charge >= 0.3 is 0 Å². The number of anilines is 1. The molecule has 1 fully saturated rings. The van der Waals surface area contributed by atoms with E-state index in [0.29, 0.717) is 11.6 Å². The first-order valence-electron chi connectivity index (χ1n) is 8.01. The summed E-state index contributed by atoms with van der Waals surface area (Å²) >= 11 is 4.70. The van der Waals surface area contributed by atoms with Gasteiger partial charge in [0.15, 0.2) is 0 Å². The van der Waals surface area contributed by atoms with Crippen molar-refractivity contribution in [3.05, 3.63) is 16.7 Å². The van der Waals surface area contributed by atoms with Crippen LogP contribution in [-0.4, -0.2) is 28.6 Å². The maximum atomic E-state index is 12.2. The average molecular weight is 398 g/mol. The number of hydrogen-bond acceptors (Lipinski definition) is 4. The number of aromatic nitrogens is 1. The number of nitrogens with one attached hydrogen (secondary N) is 2. The lowest BCUT2D eigenvalue weighted by molar-refractivity contribution is -0.124. The molecule has 1 aliphatic heterocycles. The van der Waals surface area contributed by atoms with Gasteiger partial charge < -0.3 is 10.6 Å². The van der Waals surface area contributed by atoms with Crippen LogP contribution in [0, 0.1) is 5.92 Å². The van der Waals surface area contributed by atoms with Crippen LogP contribution in [0.5, 0.6) is 0 Å². The molecule has 0 spiro atoms. The largest absolute Gasteiger partial charge is 0.356 e. The van der Waals surface area contributed by atoms with Crippen LogP contribution in [0.3, 0.4) is 0 Å². The minimum atomic E-state index is -0.414. The highest BCUT2D eigenvalue weighted by atomic mass is 79.9. The van der Waals surface area contributed by atoms with Gasteiger partial charge in [-0.1, -0.05) is 31.0 Å². The molecule has 2 heterocycles. The zero-order valence-corrected chi connectivity index (χ0v) is 15.2. The minimum absolute atomic E-state index is 0.0521. The lowest BCUT2D eigenvalue weighted by atomic mass is 9.89. The summed E-state index contributed by atoms with van der Waals surface area (Å²) in [6.45, 7) is 0.736. The third-order valence-electron chi connectivity index (χ3n) is 4.31. The monoisotopic (exact) mass is 397 g/mol. The van der Waals surface area contributed by atoms with E-state index in [0.717, 1.165) is 16.0 Å². The third-order valence-corrected chi connectivity index (χ3v) is 5.95. The van der Waals surface area contributed by atoms with Crippen LogP contribution < -0.4 is 10.6 Å². The molecule has 1 unspecified atom stereocenters. The second-order valence-electron chi connectivity index (χ2n) is 6.11. The molecule has 2 N–H and O–H groups in total. The SMILES string of the molecule is O=C(CC1Sc2ncc(Br)cc2NC1=O)NCC1CCCCC1. The van der Waals surface area contributed by atoms with E-state index in [4.69, 9.17) is 0 Å². The highest BCUT2D eigenvalue weighted by Crippen LogP contribution is 2.36. The zero-order chi connectivity index (χ0) is 16.2. The second kappa shape index (κ2) is 7.66. The van der Waals surface area contributed by atoms with Crippen molar-refractivity contribution in [3.8, 4) is 0 Å². The predicted octanol–water partition coefficient (Wildman–Crippen LogP) is 3.34. The topological polar surface area (TPSA) is 71.1 Å². The van der Waals surface area contributed by atoms with Crippen molar-refractivity contribution in [3.63, 3.8) is 0 Å². The molecule has 0 aromatic carbocycles. The Labute approximate surface area is 148 Å². The van der Waals surface area contributed by atoms with Crippen LogP contribution in [0.15, 0.2) is 21.8 Å². The lowest BCUT2D eigenvalue weighted by Crippen LogP contribution is -2.37. The number of hydrogen-bond donors (Lipinski definition) is 2. The predicted molar refractivity (Wildman–Crippen MR) is 94.4 cm³/mol. The van der Waals surface area contributed by atoms with E-state index in [-0.39, 0.29) is 18.2 Å². The summed E-state index contributed by atoms with van der Waals surface area (Å²) in [6, 6.07) is 1.83. The molecule has 0 saturated heterocycles. The molecule has 3 rings (SSSR count). The molecular formula is C16H20BrN3O2S. The van der Waals surface area contributed by atoms with Gasteiger partial charge in [-0.25, -0.2) is 4.98 Å². The fourth-order valence-corrected chi connectivity index (χ4v) is 4.39. The van der Waals surface area contributed by atoms with Crippen LogP contribution in [0.2, 0.25) is 0 Å². The first kappa shape index (κ1) is 16.8. The van der Waals surface area contributed by atoms with Crippen molar-refractivity contribution in [2.24, 2.45) is 5.92 Å². The van der Waals surface area contributed by atoms with Gasteiger partial charge in [0.1, 0.15) is 5.03 Å². The maximum absolute atomic E-state index is 12.2. The second-order valence-corrected chi connectivity index (χ2v) is 8.22. The number of rotatable bonds is 4. The number of amides is 2. The summed E-state index contributed by atoms with van der Waals surface area (Å²) < 4.78 is 0.820. The first-order valence-corrected chi connectivity index (χ1v) is 9.69. The highest BCUT2D eigenvalue weighted by Gasteiger charge is 2.30. The number of thioether (sulfide) groups is 1. The fourth-order valence-electron chi connectivity index (χ4n) is 3.04. The number of carbonyl (C=O) groups excluding carboxylic acids is 2. The van der Waals surface area contributed by atoms with E-state index in [1.54, 1.807) is 6.20 Å². The van der Waals surface area contributed by atoms with Gasteiger partial charge in [0.25, 0.3) is 0 Å². The van der Waals surface area contributed by atoms with E-state index in [1.807, 2.05) is 6.07 Å². The maximum Gasteiger partial charge on any atom is 0.238 e. The highest BCUT2D eigenvalue weighted by molar-refractivity contribution is 9.10. The van der Waals surface area contributed by atoms with Gasteiger partial charge in [-0.15, -0.1) is 0 Å². The number of nitrogens with zero attached hydrogens (tertiary/aromatic N) is 1. The van der Waals surface area contributed by atoms with E-state index in [1.165, 1.54) is 43.9 Å². The Kier molecular flexibility index (Phi) is 5.58. The van der Waals surface area contributed by atoms with Crippen LogP contribution >= 0.6 is 27.7 Å². The molecular weight excluding hydrogens is 378 g/mol. The molecule has 1 aliphatic carbocycles. The Hall–Kier alpha value is -1.08. The van der Waals surface area contributed by atoms with Gasteiger partial charge in [0.2, 0.25) is 11.8 Å². The molecule has 0 radical (unpaired) electrons. The van der Waals surface area contributed by atoms with Crippen molar-refractivity contribution in [2.75, 3.05) is 11.9 Å². The Morgan fingerprint density at radius 1 is 1.39 bits per heavy atom. The van der Waals surface area contributed by atoms with Crippen molar-refractivity contribution in [1.29, 1.82) is 0 Å². The molecule has 23 heavy (non-hydrogen) atoms. The molecule has 1 atom stereocenters. The molecule has 124 valence electrons. The molecule has 1 aromatic heterocycles. The number of halogens is 1. The molecule has 0 bridgehead atoms. The number of pyridine rings is 1. The molecule has 2 amide bonds. The Morgan fingerprint density at radius 2 is 2.17 bits per heavy atom. The standard InChI is InChI=1S/C16H20BrN3O2S/c17-11-6-12-16(19-9-11)23-13(15(22)20-12)7-14(21)18-8-10-4-2-1-3-5-10/h6,9-10,13H,1-5,7-8H2,(H,18,21)(H,20,22). The van der Waals surface area contributed by atoms with E-state index < -0.39 is 5.25 Å². The van der Waals surface area contributed by atoms with Gasteiger partial charge in [0.05, 0.1) is 10.9 Å². The Morgan fingerprint density at radius 3 is 2.96 bits per heavy atom. The van der Waals surface area contributed by atoms with Gasteiger partial charge in [-0.2, -0.15) is 0 Å². The fraction of sp³-hybridized carbons (Fsp3) is 0.562. The quantitative estimate of drug-likeness (QED) is 0.816. The van der Waals surface area contributed by atoms with Crippen LogP contribution in [0.4, 0.5) is 5.69 Å². The molecule has 2 aliphatic rings. The minimum Gasteiger partial charge on any atom is -0.356 e. The third kappa shape index (κ3) is 4.47. The number of carbonyl (C=O) groups is 2. The summed E-state index contributed by atoms with van der Waals surface area (Å²) in [5.41, 5.74) is 0.702. The smallest absolute Gasteiger partial charge is 0.238 e. The van der Waals surface area contributed by atoms with E-state index >= 15 is 0 Å². The summed E-state index contributed by atoms with van der Waals surface area (Å²) in [4.78, 5) is 28.6. The van der Waals surface area contributed by atoms with Crippen LogP contribution in [-0.2, 0) is 9.59 Å². The molecule has 1 aromatic rings. The number of fused-ring (bicyclic) bond motifs is 1. The molecule has 5 nitrogen and oxygen atoms in total. The molecule has 7 heteroatoms.